The highest BCUT2D eigenvalue weighted by Crippen LogP contribution is 2.27. The first kappa shape index (κ1) is 11.0. The summed E-state index contributed by atoms with van der Waals surface area (Å²) in [6, 6.07) is 3.87. The van der Waals surface area contributed by atoms with Crippen LogP contribution < -0.4 is 5.56 Å². The molecule has 16 heavy (non-hydrogen) atoms. The van der Waals surface area contributed by atoms with Crippen molar-refractivity contribution in [1.29, 1.82) is 0 Å². The van der Waals surface area contributed by atoms with Crippen LogP contribution >= 0.6 is 0 Å². The summed E-state index contributed by atoms with van der Waals surface area (Å²) < 4.78 is 2.13. The van der Waals surface area contributed by atoms with Gasteiger partial charge in [0.2, 0.25) is 5.56 Å². The molecule has 0 bridgehead atoms. The van der Waals surface area contributed by atoms with Gasteiger partial charge in [0.05, 0.1) is 0 Å². The molecule has 0 radical (unpaired) electrons. The molecule has 3 heteroatoms. The zero-order valence-electron chi connectivity index (χ0n) is 10.2. The third kappa shape index (κ3) is 1.66. The van der Waals surface area contributed by atoms with Crippen LogP contribution in [0, 0.1) is 0 Å². The van der Waals surface area contributed by atoms with Gasteiger partial charge in [-0.3, -0.25) is 4.79 Å². The van der Waals surface area contributed by atoms with E-state index in [1.54, 1.807) is 6.07 Å². The number of pyridine rings is 1. The molecule has 1 N–H and O–H groups in total. The number of hydrogen-bond donors (Lipinski definition) is 1. The monoisotopic (exact) mass is 218 g/mol. The number of fused-ring (bicyclic) bond motifs is 1. The minimum atomic E-state index is -0.0391. The minimum absolute atomic E-state index is 0.0391. The van der Waals surface area contributed by atoms with Crippen molar-refractivity contribution in [2.24, 2.45) is 0 Å². The molecule has 3 nitrogen and oxygen atoms in total. The molecule has 0 aliphatic heterocycles. The first-order valence-corrected chi connectivity index (χ1v) is 5.74. The summed E-state index contributed by atoms with van der Waals surface area (Å²) in [5.41, 5.74) is 2.19. The Kier molecular flexibility index (Phi) is 2.62. The number of aromatic nitrogens is 2. The van der Waals surface area contributed by atoms with Gasteiger partial charge in [-0.25, -0.2) is 0 Å². The predicted octanol–water partition coefficient (Wildman–Crippen LogP) is 3.03. The molecule has 0 aliphatic carbocycles. The van der Waals surface area contributed by atoms with Gasteiger partial charge >= 0.3 is 0 Å². The number of aromatic amines is 1. The van der Waals surface area contributed by atoms with Gasteiger partial charge in [0, 0.05) is 23.7 Å². The van der Waals surface area contributed by atoms with Crippen molar-refractivity contribution in [3.05, 3.63) is 34.2 Å². The smallest absolute Gasteiger partial charge is 0.249 e. The number of rotatable bonds is 2. The fourth-order valence-corrected chi connectivity index (χ4v) is 2.05. The Morgan fingerprint density at radius 2 is 1.88 bits per heavy atom. The third-order valence-electron chi connectivity index (χ3n) is 2.92. The summed E-state index contributed by atoms with van der Waals surface area (Å²) >= 11 is 0. The zero-order valence-corrected chi connectivity index (χ0v) is 10.2. The van der Waals surface area contributed by atoms with E-state index in [1.807, 2.05) is 6.07 Å². The Bertz CT molecular complexity index is 561. The standard InChI is InChI=1S/C13H18N2O/c1-8(2)11-7-15(9(3)4)13-10(11)5-6-12(16)14-13/h5-9H,1-4H3,(H,14,16). The van der Waals surface area contributed by atoms with Gasteiger partial charge in [-0.05, 0) is 31.4 Å². The summed E-state index contributed by atoms with van der Waals surface area (Å²) in [6.07, 6.45) is 2.15. The van der Waals surface area contributed by atoms with Gasteiger partial charge < -0.3 is 9.55 Å². The number of nitrogens with one attached hydrogen (secondary N) is 1. The second-order valence-corrected chi connectivity index (χ2v) is 4.83. The van der Waals surface area contributed by atoms with E-state index < -0.39 is 0 Å². The molecule has 0 unspecified atom stereocenters. The second-order valence-electron chi connectivity index (χ2n) is 4.83. The largest absolute Gasteiger partial charge is 0.331 e. The lowest BCUT2D eigenvalue weighted by Crippen LogP contribution is -2.07. The molecule has 0 aromatic carbocycles. The highest BCUT2D eigenvalue weighted by atomic mass is 16.1. The molecule has 0 aliphatic rings. The summed E-state index contributed by atoms with van der Waals surface area (Å²) in [5.74, 6) is 0.466. The van der Waals surface area contributed by atoms with Crippen LogP contribution in [0.25, 0.3) is 11.0 Å². The number of nitrogens with zero attached hydrogens (tertiary/aromatic N) is 1. The molecular formula is C13H18N2O. The first-order valence-electron chi connectivity index (χ1n) is 5.74. The molecule has 2 rings (SSSR count). The quantitative estimate of drug-likeness (QED) is 0.826. The van der Waals surface area contributed by atoms with E-state index in [2.05, 4.69) is 43.4 Å². The lowest BCUT2D eigenvalue weighted by molar-refractivity contribution is 0.614. The molecular weight excluding hydrogens is 200 g/mol. The van der Waals surface area contributed by atoms with Crippen molar-refractivity contribution in [3.8, 4) is 0 Å². The molecule has 2 heterocycles. The lowest BCUT2D eigenvalue weighted by Gasteiger charge is -2.08. The fourth-order valence-electron chi connectivity index (χ4n) is 2.05. The van der Waals surface area contributed by atoms with Crippen molar-refractivity contribution in [2.75, 3.05) is 0 Å². The molecule has 0 saturated carbocycles. The zero-order chi connectivity index (χ0) is 11.9. The number of H-pyrrole nitrogens is 1. The van der Waals surface area contributed by atoms with Gasteiger partial charge in [0.15, 0.2) is 0 Å². The van der Waals surface area contributed by atoms with Crippen LogP contribution in [0.2, 0.25) is 0 Å². The summed E-state index contributed by atoms with van der Waals surface area (Å²) in [7, 11) is 0. The maximum Gasteiger partial charge on any atom is 0.249 e. The Balaban J connectivity index is 2.81. The van der Waals surface area contributed by atoms with E-state index in [1.165, 1.54) is 5.56 Å². The Morgan fingerprint density at radius 3 is 2.44 bits per heavy atom. The normalized spacial score (nSPS) is 11.9. The lowest BCUT2D eigenvalue weighted by atomic mass is 10.0. The maximum atomic E-state index is 11.4. The van der Waals surface area contributed by atoms with E-state index in [0.29, 0.717) is 12.0 Å². The Labute approximate surface area is 95.1 Å². The average Bonchev–Trinajstić information content (AvgIpc) is 2.56. The molecule has 0 amide bonds. The van der Waals surface area contributed by atoms with E-state index in [0.717, 1.165) is 11.0 Å². The van der Waals surface area contributed by atoms with Crippen molar-refractivity contribution < 1.29 is 0 Å². The topological polar surface area (TPSA) is 37.8 Å². The molecule has 2 aromatic heterocycles. The SMILES string of the molecule is CC(C)c1cn(C(C)C)c2[nH]c(=O)ccc12. The predicted molar refractivity (Wildman–Crippen MR) is 67.0 cm³/mol. The number of hydrogen-bond acceptors (Lipinski definition) is 1. The van der Waals surface area contributed by atoms with E-state index in [4.69, 9.17) is 0 Å². The summed E-state index contributed by atoms with van der Waals surface area (Å²) in [6.45, 7) is 8.58. The molecule has 0 spiro atoms. The highest BCUT2D eigenvalue weighted by Gasteiger charge is 2.13. The van der Waals surface area contributed by atoms with Gasteiger partial charge in [-0.2, -0.15) is 0 Å². The molecule has 0 atom stereocenters. The minimum Gasteiger partial charge on any atom is -0.331 e. The van der Waals surface area contributed by atoms with Gasteiger partial charge in [0.1, 0.15) is 5.65 Å². The Morgan fingerprint density at radius 1 is 1.19 bits per heavy atom. The van der Waals surface area contributed by atoms with Crippen LogP contribution in [-0.4, -0.2) is 9.55 Å². The second kappa shape index (κ2) is 3.81. The molecule has 0 fully saturated rings. The molecule has 86 valence electrons. The van der Waals surface area contributed by atoms with Crippen LogP contribution in [-0.2, 0) is 0 Å². The first-order chi connectivity index (χ1) is 7.50. The van der Waals surface area contributed by atoms with Crippen molar-refractivity contribution in [2.45, 2.75) is 39.7 Å². The van der Waals surface area contributed by atoms with Crippen LogP contribution in [0.3, 0.4) is 0 Å². The molecule has 0 saturated heterocycles. The maximum absolute atomic E-state index is 11.4. The summed E-state index contributed by atoms with van der Waals surface area (Å²) in [5, 5.41) is 1.16. The van der Waals surface area contributed by atoms with E-state index >= 15 is 0 Å². The Hall–Kier alpha value is -1.51. The van der Waals surface area contributed by atoms with Crippen LogP contribution in [0.15, 0.2) is 23.1 Å². The fraction of sp³-hybridized carbons (Fsp3) is 0.462. The van der Waals surface area contributed by atoms with Crippen molar-refractivity contribution >= 4 is 11.0 Å². The van der Waals surface area contributed by atoms with Crippen molar-refractivity contribution in [1.82, 2.24) is 9.55 Å². The van der Waals surface area contributed by atoms with Crippen LogP contribution in [0.4, 0.5) is 0 Å². The van der Waals surface area contributed by atoms with Gasteiger partial charge in [-0.1, -0.05) is 13.8 Å². The van der Waals surface area contributed by atoms with Crippen molar-refractivity contribution in [3.63, 3.8) is 0 Å². The van der Waals surface area contributed by atoms with E-state index in [9.17, 15) is 4.79 Å². The van der Waals surface area contributed by atoms with Crippen LogP contribution in [0.1, 0.15) is 45.2 Å². The van der Waals surface area contributed by atoms with Crippen LogP contribution in [0.5, 0.6) is 0 Å². The third-order valence-corrected chi connectivity index (χ3v) is 2.92. The van der Waals surface area contributed by atoms with Gasteiger partial charge in [0.25, 0.3) is 0 Å². The average molecular weight is 218 g/mol. The van der Waals surface area contributed by atoms with Gasteiger partial charge in [-0.15, -0.1) is 0 Å². The van der Waals surface area contributed by atoms with E-state index in [-0.39, 0.29) is 5.56 Å². The highest BCUT2D eigenvalue weighted by molar-refractivity contribution is 5.81. The summed E-state index contributed by atoms with van der Waals surface area (Å²) in [4.78, 5) is 14.3. The molecule has 2 aromatic rings.